The summed E-state index contributed by atoms with van der Waals surface area (Å²) in [5, 5.41) is 3.27. The minimum absolute atomic E-state index is 0.0543. The van der Waals surface area contributed by atoms with E-state index in [1.54, 1.807) is 35.6 Å². The van der Waals surface area contributed by atoms with Crippen molar-refractivity contribution in [3.05, 3.63) is 60.1 Å². The molecule has 32 heavy (non-hydrogen) atoms. The average molecular weight is 469 g/mol. The number of carbonyl (C=O) groups is 1. The monoisotopic (exact) mass is 468 g/mol. The van der Waals surface area contributed by atoms with Gasteiger partial charge in [0.2, 0.25) is 15.9 Å². The Labute approximate surface area is 188 Å². The molecule has 1 saturated heterocycles. The lowest BCUT2D eigenvalue weighted by atomic mass is 10.2. The predicted molar refractivity (Wildman–Crippen MR) is 120 cm³/mol. The molecule has 1 aliphatic rings. The molecule has 164 valence electrons. The van der Waals surface area contributed by atoms with Gasteiger partial charge in [-0.25, -0.2) is 18.4 Å². The van der Waals surface area contributed by atoms with Gasteiger partial charge in [-0.2, -0.15) is 4.31 Å². The third-order valence-electron chi connectivity index (χ3n) is 5.41. The first-order valence-electron chi connectivity index (χ1n) is 10.1. The number of amides is 1. The third-order valence-corrected chi connectivity index (χ3v) is 8.29. The summed E-state index contributed by atoms with van der Waals surface area (Å²) in [4.78, 5) is 30.4. The first kappa shape index (κ1) is 20.7. The van der Waals surface area contributed by atoms with E-state index in [4.69, 9.17) is 0 Å². The first-order valence-corrected chi connectivity index (χ1v) is 12.4. The second-order valence-corrected chi connectivity index (χ2v) is 10.2. The Morgan fingerprint density at radius 1 is 1.12 bits per heavy atom. The Bertz CT molecular complexity index is 1360. The Hall–Kier alpha value is -3.15. The second kappa shape index (κ2) is 8.41. The molecule has 9 nitrogen and oxygen atoms in total. The summed E-state index contributed by atoms with van der Waals surface area (Å²) >= 11 is 1.48. The molecule has 5 rings (SSSR count). The van der Waals surface area contributed by atoms with Crippen molar-refractivity contribution in [3.63, 3.8) is 0 Å². The normalized spacial score (nSPS) is 15.3. The van der Waals surface area contributed by atoms with Crippen LogP contribution in [0, 0.1) is 0 Å². The molecule has 0 unspecified atom stereocenters. The van der Waals surface area contributed by atoms with Crippen LogP contribution in [0.2, 0.25) is 0 Å². The van der Waals surface area contributed by atoms with Gasteiger partial charge >= 0.3 is 0 Å². The number of thiazole rings is 1. The summed E-state index contributed by atoms with van der Waals surface area (Å²) in [6, 6.07) is 7.23. The Kier molecular flexibility index (Phi) is 5.45. The molecule has 0 radical (unpaired) electrons. The number of sulfonamides is 1. The minimum Gasteiger partial charge on any atom is -0.345 e. The van der Waals surface area contributed by atoms with E-state index in [0.29, 0.717) is 29.8 Å². The number of piperazine rings is 1. The molecule has 0 aromatic carbocycles. The van der Waals surface area contributed by atoms with E-state index in [-0.39, 0.29) is 30.3 Å². The fourth-order valence-electron chi connectivity index (χ4n) is 3.74. The molecule has 4 aromatic heterocycles. The number of carbonyl (C=O) groups excluding carboxylic acids is 1. The molecule has 1 N–H and O–H groups in total. The van der Waals surface area contributed by atoms with Crippen LogP contribution >= 0.6 is 11.3 Å². The van der Waals surface area contributed by atoms with E-state index in [2.05, 4.69) is 19.9 Å². The van der Waals surface area contributed by atoms with Crippen LogP contribution in [0.15, 0.2) is 59.3 Å². The van der Waals surface area contributed by atoms with Crippen LogP contribution in [0.1, 0.15) is 5.69 Å². The molecule has 11 heteroatoms. The number of pyridine rings is 2. The molecule has 4 aromatic rings. The maximum atomic E-state index is 13.1. The Morgan fingerprint density at radius 3 is 2.72 bits per heavy atom. The SMILES string of the molecule is O=C(Cc1csc(-c2cccnc2)n1)N1CCN(S(=O)(=O)c2c[nH]c3ncccc23)CC1. The molecule has 0 bridgehead atoms. The van der Waals surface area contributed by atoms with E-state index >= 15 is 0 Å². The topological polar surface area (TPSA) is 112 Å². The summed E-state index contributed by atoms with van der Waals surface area (Å²) in [6.07, 6.45) is 6.73. The lowest BCUT2D eigenvalue weighted by Gasteiger charge is -2.33. The van der Waals surface area contributed by atoms with Crippen molar-refractivity contribution in [2.24, 2.45) is 0 Å². The number of aromatic amines is 1. The van der Waals surface area contributed by atoms with Gasteiger partial charge in [-0.15, -0.1) is 11.3 Å². The van der Waals surface area contributed by atoms with Gasteiger partial charge in [0, 0.05) is 67.3 Å². The molecule has 1 aliphatic heterocycles. The molecular formula is C21H20N6O3S2. The first-order chi connectivity index (χ1) is 15.5. The van der Waals surface area contributed by atoms with E-state index < -0.39 is 10.0 Å². The highest BCUT2D eigenvalue weighted by Gasteiger charge is 2.32. The molecule has 5 heterocycles. The summed E-state index contributed by atoms with van der Waals surface area (Å²) in [5.74, 6) is -0.0543. The van der Waals surface area contributed by atoms with Crippen molar-refractivity contribution >= 4 is 38.3 Å². The van der Waals surface area contributed by atoms with E-state index in [0.717, 1.165) is 10.6 Å². The second-order valence-electron chi connectivity index (χ2n) is 7.40. The molecule has 0 atom stereocenters. The minimum atomic E-state index is -3.67. The number of H-pyrrole nitrogens is 1. The van der Waals surface area contributed by atoms with Crippen molar-refractivity contribution in [2.45, 2.75) is 11.3 Å². The smallest absolute Gasteiger partial charge is 0.245 e. The standard InChI is InChI=1S/C21H20N6O3S2/c28-19(11-16-14-31-21(25-16)15-3-1-5-22-12-15)26-7-9-27(10-8-26)32(29,30)18-13-24-20-17(18)4-2-6-23-20/h1-6,12-14H,7-11H2,(H,23,24). The van der Waals surface area contributed by atoms with Crippen LogP contribution in [0.4, 0.5) is 0 Å². The van der Waals surface area contributed by atoms with Crippen molar-refractivity contribution < 1.29 is 13.2 Å². The number of hydrogen-bond acceptors (Lipinski definition) is 7. The molecule has 1 amide bonds. The molecule has 0 aliphatic carbocycles. The maximum Gasteiger partial charge on any atom is 0.245 e. The predicted octanol–water partition coefficient (Wildman–Crippen LogP) is 2.16. The quantitative estimate of drug-likeness (QED) is 0.480. The van der Waals surface area contributed by atoms with Crippen LogP contribution in [0.3, 0.4) is 0 Å². The van der Waals surface area contributed by atoms with Gasteiger partial charge in [0.05, 0.1) is 12.1 Å². The highest BCUT2D eigenvalue weighted by molar-refractivity contribution is 7.89. The van der Waals surface area contributed by atoms with Gasteiger partial charge in [-0.3, -0.25) is 9.78 Å². The summed E-state index contributed by atoms with van der Waals surface area (Å²) in [7, 11) is -3.67. The Balaban J connectivity index is 1.23. The van der Waals surface area contributed by atoms with E-state index in [9.17, 15) is 13.2 Å². The number of fused-ring (bicyclic) bond motifs is 1. The van der Waals surface area contributed by atoms with Crippen LogP contribution < -0.4 is 0 Å². The van der Waals surface area contributed by atoms with Crippen LogP contribution in [0.5, 0.6) is 0 Å². The Morgan fingerprint density at radius 2 is 1.94 bits per heavy atom. The summed E-state index contributed by atoms with van der Waals surface area (Å²) in [5.41, 5.74) is 2.16. The molecule has 1 fully saturated rings. The van der Waals surface area contributed by atoms with Crippen molar-refractivity contribution in [3.8, 4) is 10.6 Å². The van der Waals surface area contributed by atoms with Crippen LogP contribution in [-0.2, 0) is 21.2 Å². The van der Waals surface area contributed by atoms with Crippen molar-refractivity contribution in [2.75, 3.05) is 26.2 Å². The largest absolute Gasteiger partial charge is 0.345 e. The highest BCUT2D eigenvalue weighted by Crippen LogP contribution is 2.26. The number of nitrogens with one attached hydrogen (secondary N) is 1. The summed E-state index contributed by atoms with van der Waals surface area (Å²) < 4.78 is 27.7. The van der Waals surface area contributed by atoms with Crippen molar-refractivity contribution in [1.29, 1.82) is 0 Å². The zero-order valence-corrected chi connectivity index (χ0v) is 18.6. The number of nitrogens with zero attached hydrogens (tertiary/aromatic N) is 5. The van der Waals surface area contributed by atoms with Crippen LogP contribution in [0.25, 0.3) is 21.6 Å². The molecule has 0 saturated carbocycles. The number of aromatic nitrogens is 4. The van der Waals surface area contributed by atoms with E-state index in [1.165, 1.54) is 21.8 Å². The van der Waals surface area contributed by atoms with E-state index in [1.807, 2.05) is 17.5 Å². The van der Waals surface area contributed by atoms with Gasteiger partial charge in [0.25, 0.3) is 0 Å². The van der Waals surface area contributed by atoms with Gasteiger partial charge in [-0.05, 0) is 24.3 Å². The molecular weight excluding hydrogens is 448 g/mol. The lowest BCUT2D eigenvalue weighted by Crippen LogP contribution is -2.50. The fraction of sp³-hybridized carbons (Fsp3) is 0.238. The van der Waals surface area contributed by atoms with Gasteiger partial charge in [0.15, 0.2) is 0 Å². The third kappa shape index (κ3) is 3.90. The van der Waals surface area contributed by atoms with Gasteiger partial charge < -0.3 is 9.88 Å². The van der Waals surface area contributed by atoms with Crippen LogP contribution in [-0.4, -0.2) is 69.6 Å². The van der Waals surface area contributed by atoms with Crippen molar-refractivity contribution in [1.82, 2.24) is 29.1 Å². The lowest BCUT2D eigenvalue weighted by molar-refractivity contribution is -0.131. The zero-order chi connectivity index (χ0) is 22.1. The fourth-order valence-corrected chi connectivity index (χ4v) is 6.12. The molecule has 0 spiro atoms. The number of hydrogen-bond donors (Lipinski definition) is 1. The number of rotatable bonds is 5. The van der Waals surface area contributed by atoms with Gasteiger partial charge in [-0.1, -0.05) is 0 Å². The summed E-state index contributed by atoms with van der Waals surface area (Å²) in [6.45, 7) is 1.19. The maximum absolute atomic E-state index is 13.1. The average Bonchev–Trinajstić information content (AvgIpc) is 3.47. The van der Waals surface area contributed by atoms with Gasteiger partial charge in [0.1, 0.15) is 15.6 Å². The highest BCUT2D eigenvalue weighted by atomic mass is 32.2. The zero-order valence-electron chi connectivity index (χ0n) is 17.0.